The molecular formula is C17H16N4O. The predicted octanol–water partition coefficient (Wildman–Crippen LogP) is 3.04. The largest absolute Gasteiger partial charge is 0.368 e. The third kappa shape index (κ3) is 2.65. The number of rotatable bonds is 4. The Morgan fingerprint density at radius 3 is 2.50 bits per heavy atom. The zero-order chi connectivity index (χ0) is 15.5. The van der Waals surface area contributed by atoms with E-state index >= 15 is 0 Å². The van der Waals surface area contributed by atoms with E-state index < -0.39 is 0 Å². The summed E-state index contributed by atoms with van der Waals surface area (Å²) in [6, 6.07) is 11.1. The fourth-order valence-electron chi connectivity index (χ4n) is 2.40. The number of nitrogens with two attached hydrogens (primary N) is 1. The first-order valence-corrected chi connectivity index (χ1v) is 7.20. The number of benzene rings is 1. The van der Waals surface area contributed by atoms with Crippen LogP contribution in [0.2, 0.25) is 0 Å². The Bertz CT molecular complexity index is 828. The smallest absolute Gasteiger partial charge is 0.220 e. The topological polar surface area (TPSA) is 81.8 Å². The number of hydrogen-bond acceptors (Lipinski definition) is 5. The molecule has 22 heavy (non-hydrogen) atoms. The van der Waals surface area contributed by atoms with Crippen molar-refractivity contribution in [1.82, 2.24) is 15.0 Å². The van der Waals surface area contributed by atoms with Gasteiger partial charge in [0.15, 0.2) is 0 Å². The molecule has 0 saturated heterocycles. The van der Waals surface area contributed by atoms with E-state index in [0.29, 0.717) is 5.56 Å². The average Bonchev–Trinajstić information content (AvgIpc) is 2.55. The Kier molecular flexibility index (Phi) is 3.78. The van der Waals surface area contributed by atoms with Gasteiger partial charge in [-0.15, -0.1) is 0 Å². The molecule has 0 saturated carbocycles. The second-order valence-electron chi connectivity index (χ2n) is 5.08. The van der Waals surface area contributed by atoms with Crippen molar-refractivity contribution in [3.63, 3.8) is 0 Å². The van der Waals surface area contributed by atoms with Crippen molar-refractivity contribution in [3.8, 4) is 11.3 Å². The molecule has 0 aliphatic rings. The molecule has 0 atom stereocenters. The SMILES string of the molecule is CCCc1nc(N)nc2ccc(-c3ccc(C=O)cc3)nc12. The Morgan fingerprint density at radius 2 is 1.82 bits per heavy atom. The molecule has 5 heteroatoms. The van der Waals surface area contributed by atoms with Crippen molar-refractivity contribution in [2.24, 2.45) is 0 Å². The van der Waals surface area contributed by atoms with Gasteiger partial charge in [0.1, 0.15) is 11.8 Å². The number of pyridine rings is 1. The highest BCUT2D eigenvalue weighted by Gasteiger charge is 2.09. The number of nitrogen functional groups attached to an aromatic ring is 1. The molecule has 0 aliphatic heterocycles. The molecule has 0 amide bonds. The van der Waals surface area contributed by atoms with Crippen molar-refractivity contribution in [3.05, 3.63) is 47.7 Å². The van der Waals surface area contributed by atoms with Gasteiger partial charge in [0.25, 0.3) is 0 Å². The highest BCUT2D eigenvalue weighted by Crippen LogP contribution is 2.23. The maximum atomic E-state index is 10.7. The Morgan fingerprint density at radius 1 is 1.05 bits per heavy atom. The summed E-state index contributed by atoms with van der Waals surface area (Å²) in [6.45, 7) is 2.09. The normalized spacial score (nSPS) is 10.8. The molecule has 0 radical (unpaired) electrons. The highest BCUT2D eigenvalue weighted by atomic mass is 16.1. The van der Waals surface area contributed by atoms with Crippen molar-refractivity contribution in [2.45, 2.75) is 19.8 Å². The van der Waals surface area contributed by atoms with E-state index in [1.54, 1.807) is 12.1 Å². The predicted molar refractivity (Wildman–Crippen MR) is 86.6 cm³/mol. The van der Waals surface area contributed by atoms with E-state index in [4.69, 9.17) is 10.7 Å². The van der Waals surface area contributed by atoms with Crippen molar-refractivity contribution >= 4 is 23.3 Å². The average molecular weight is 292 g/mol. The summed E-state index contributed by atoms with van der Waals surface area (Å²) >= 11 is 0. The first-order valence-electron chi connectivity index (χ1n) is 7.20. The van der Waals surface area contributed by atoms with Gasteiger partial charge >= 0.3 is 0 Å². The summed E-state index contributed by atoms with van der Waals surface area (Å²) in [4.78, 5) is 24.0. The number of hydrogen-bond donors (Lipinski definition) is 1. The van der Waals surface area contributed by atoms with Gasteiger partial charge in [0.05, 0.1) is 16.9 Å². The molecule has 2 heterocycles. The summed E-state index contributed by atoms with van der Waals surface area (Å²) in [5, 5.41) is 0. The summed E-state index contributed by atoms with van der Waals surface area (Å²) in [5.41, 5.74) is 10.6. The minimum Gasteiger partial charge on any atom is -0.368 e. The van der Waals surface area contributed by atoms with Crippen LogP contribution in [0.4, 0.5) is 5.95 Å². The van der Waals surface area contributed by atoms with Crippen molar-refractivity contribution in [1.29, 1.82) is 0 Å². The van der Waals surface area contributed by atoms with Gasteiger partial charge in [-0.1, -0.05) is 37.6 Å². The van der Waals surface area contributed by atoms with Crippen LogP contribution in [0.5, 0.6) is 0 Å². The van der Waals surface area contributed by atoms with Crippen LogP contribution in [0.3, 0.4) is 0 Å². The van der Waals surface area contributed by atoms with E-state index in [1.807, 2.05) is 24.3 Å². The van der Waals surface area contributed by atoms with Crippen LogP contribution in [-0.4, -0.2) is 21.2 Å². The lowest BCUT2D eigenvalue weighted by atomic mass is 10.1. The fourth-order valence-corrected chi connectivity index (χ4v) is 2.40. The molecule has 0 bridgehead atoms. The van der Waals surface area contributed by atoms with Crippen LogP contribution in [0.15, 0.2) is 36.4 Å². The van der Waals surface area contributed by atoms with Gasteiger partial charge in [-0.3, -0.25) is 4.79 Å². The lowest BCUT2D eigenvalue weighted by Gasteiger charge is -2.07. The summed E-state index contributed by atoms with van der Waals surface area (Å²) < 4.78 is 0. The molecule has 3 rings (SSSR count). The van der Waals surface area contributed by atoms with E-state index in [1.165, 1.54) is 0 Å². The Balaban J connectivity index is 2.13. The molecule has 0 fully saturated rings. The number of nitrogens with zero attached hydrogens (tertiary/aromatic N) is 3. The van der Waals surface area contributed by atoms with Crippen LogP contribution in [-0.2, 0) is 6.42 Å². The van der Waals surface area contributed by atoms with E-state index in [-0.39, 0.29) is 5.95 Å². The molecule has 0 aliphatic carbocycles. The lowest BCUT2D eigenvalue weighted by Crippen LogP contribution is -2.02. The maximum Gasteiger partial charge on any atom is 0.220 e. The Hall–Kier alpha value is -2.82. The Labute approximate surface area is 128 Å². The number of aryl methyl sites for hydroxylation is 1. The molecule has 0 unspecified atom stereocenters. The number of aldehydes is 1. The van der Waals surface area contributed by atoms with Gasteiger partial charge in [-0.2, -0.15) is 0 Å². The monoisotopic (exact) mass is 292 g/mol. The number of aromatic nitrogens is 3. The number of carbonyl (C=O) groups is 1. The summed E-state index contributed by atoms with van der Waals surface area (Å²) in [6.07, 6.45) is 2.60. The number of anilines is 1. The van der Waals surface area contributed by atoms with Crippen LogP contribution in [0.25, 0.3) is 22.3 Å². The minimum absolute atomic E-state index is 0.279. The van der Waals surface area contributed by atoms with E-state index in [2.05, 4.69) is 16.9 Å². The number of fused-ring (bicyclic) bond motifs is 1. The van der Waals surface area contributed by atoms with Crippen LogP contribution < -0.4 is 5.73 Å². The molecule has 2 N–H and O–H groups in total. The molecule has 110 valence electrons. The summed E-state index contributed by atoms with van der Waals surface area (Å²) in [5.74, 6) is 0.279. The van der Waals surface area contributed by atoms with Crippen molar-refractivity contribution in [2.75, 3.05) is 5.73 Å². The first-order chi connectivity index (χ1) is 10.7. The molecule has 1 aromatic carbocycles. The standard InChI is InChI=1S/C17H16N4O/c1-2-3-14-16-15(21-17(18)20-14)9-8-13(19-16)12-6-4-11(10-22)5-7-12/h4-10H,2-3H2,1H3,(H2,18,20,21). The van der Waals surface area contributed by atoms with Crippen LogP contribution in [0.1, 0.15) is 29.4 Å². The van der Waals surface area contributed by atoms with Crippen LogP contribution in [0, 0.1) is 0 Å². The second kappa shape index (κ2) is 5.89. The van der Waals surface area contributed by atoms with Gasteiger partial charge in [-0.05, 0) is 18.6 Å². The lowest BCUT2D eigenvalue weighted by molar-refractivity contribution is 0.112. The quantitative estimate of drug-likeness (QED) is 0.747. The minimum atomic E-state index is 0.279. The van der Waals surface area contributed by atoms with Gasteiger partial charge in [-0.25, -0.2) is 15.0 Å². The molecular weight excluding hydrogens is 276 g/mol. The van der Waals surface area contributed by atoms with E-state index in [0.717, 1.165) is 47.1 Å². The van der Waals surface area contributed by atoms with Gasteiger partial charge in [0.2, 0.25) is 5.95 Å². The molecule has 2 aromatic heterocycles. The van der Waals surface area contributed by atoms with E-state index in [9.17, 15) is 4.79 Å². The zero-order valence-corrected chi connectivity index (χ0v) is 12.3. The molecule has 3 aromatic rings. The fraction of sp³-hybridized carbons (Fsp3) is 0.176. The highest BCUT2D eigenvalue weighted by molar-refractivity contribution is 5.81. The zero-order valence-electron chi connectivity index (χ0n) is 12.3. The maximum absolute atomic E-state index is 10.7. The third-order valence-electron chi connectivity index (χ3n) is 3.46. The van der Waals surface area contributed by atoms with Gasteiger partial charge < -0.3 is 5.73 Å². The van der Waals surface area contributed by atoms with Gasteiger partial charge in [0, 0.05) is 11.1 Å². The van der Waals surface area contributed by atoms with Crippen molar-refractivity contribution < 1.29 is 4.79 Å². The second-order valence-corrected chi connectivity index (χ2v) is 5.08. The number of carbonyl (C=O) groups excluding carboxylic acids is 1. The molecule has 5 nitrogen and oxygen atoms in total. The first kappa shape index (κ1) is 14.1. The van der Waals surface area contributed by atoms with Crippen LogP contribution >= 0.6 is 0 Å². The summed E-state index contributed by atoms with van der Waals surface area (Å²) in [7, 11) is 0. The third-order valence-corrected chi connectivity index (χ3v) is 3.46. The molecule has 0 spiro atoms.